The SMILES string of the molecule is CC1CCCC1CN=O. The second kappa shape index (κ2) is 2.95. The van der Waals surface area contributed by atoms with Crippen molar-refractivity contribution in [1.29, 1.82) is 0 Å². The zero-order valence-corrected chi connectivity index (χ0v) is 5.84. The zero-order valence-electron chi connectivity index (χ0n) is 5.84. The first kappa shape index (κ1) is 6.72. The highest BCUT2D eigenvalue weighted by atomic mass is 16.3. The predicted octanol–water partition coefficient (Wildman–Crippen LogP) is 2.19. The molecule has 0 radical (unpaired) electrons. The molecule has 0 N–H and O–H groups in total. The second-order valence-electron chi connectivity index (χ2n) is 2.98. The summed E-state index contributed by atoms with van der Waals surface area (Å²) in [6.07, 6.45) is 3.80. The van der Waals surface area contributed by atoms with Gasteiger partial charge in [-0.25, -0.2) is 0 Å². The largest absolute Gasteiger partial charge is 0.151 e. The number of nitrogens with zero attached hydrogens (tertiary/aromatic N) is 1. The molecule has 0 saturated heterocycles. The maximum Gasteiger partial charge on any atom is 0.0841 e. The van der Waals surface area contributed by atoms with E-state index in [1.165, 1.54) is 19.3 Å². The maximum atomic E-state index is 9.86. The van der Waals surface area contributed by atoms with E-state index < -0.39 is 0 Å². The van der Waals surface area contributed by atoms with Crippen LogP contribution in [0.4, 0.5) is 0 Å². The molecule has 2 nitrogen and oxygen atoms in total. The minimum atomic E-state index is 0.543. The Balaban J connectivity index is 2.30. The Bertz CT molecular complexity index is 103. The summed E-state index contributed by atoms with van der Waals surface area (Å²) in [4.78, 5) is 9.86. The number of rotatable bonds is 2. The van der Waals surface area contributed by atoms with Crippen LogP contribution < -0.4 is 0 Å². The van der Waals surface area contributed by atoms with Gasteiger partial charge in [0, 0.05) is 0 Å². The van der Waals surface area contributed by atoms with Gasteiger partial charge < -0.3 is 0 Å². The van der Waals surface area contributed by atoms with Crippen LogP contribution in [0, 0.1) is 16.7 Å². The molecule has 2 unspecified atom stereocenters. The number of hydrogen-bond acceptors (Lipinski definition) is 2. The van der Waals surface area contributed by atoms with Crippen LogP contribution in [0.5, 0.6) is 0 Å². The van der Waals surface area contributed by atoms with Gasteiger partial charge in [0.25, 0.3) is 0 Å². The average Bonchev–Trinajstić information content (AvgIpc) is 2.18. The molecule has 0 spiro atoms. The Hall–Kier alpha value is -0.400. The third-order valence-corrected chi connectivity index (χ3v) is 2.35. The summed E-state index contributed by atoms with van der Waals surface area (Å²) in [6.45, 7) is 2.75. The fraction of sp³-hybridized carbons (Fsp3) is 1.00. The van der Waals surface area contributed by atoms with E-state index in [1.807, 2.05) is 0 Å². The Morgan fingerprint density at radius 2 is 2.33 bits per heavy atom. The van der Waals surface area contributed by atoms with Gasteiger partial charge in [-0.2, -0.15) is 4.91 Å². The van der Waals surface area contributed by atoms with Crippen LogP contribution in [-0.2, 0) is 0 Å². The van der Waals surface area contributed by atoms with Crippen LogP contribution in [0.1, 0.15) is 26.2 Å². The van der Waals surface area contributed by atoms with Gasteiger partial charge in [0.05, 0.1) is 6.54 Å². The van der Waals surface area contributed by atoms with Crippen molar-refractivity contribution < 1.29 is 0 Å². The minimum absolute atomic E-state index is 0.543. The van der Waals surface area contributed by atoms with Crippen LogP contribution in [0.2, 0.25) is 0 Å². The average molecular weight is 127 g/mol. The van der Waals surface area contributed by atoms with Crippen LogP contribution in [0.25, 0.3) is 0 Å². The summed E-state index contributed by atoms with van der Waals surface area (Å²) >= 11 is 0. The maximum absolute atomic E-state index is 9.86. The highest BCUT2D eigenvalue weighted by molar-refractivity contribution is 4.75. The van der Waals surface area contributed by atoms with Crippen molar-refractivity contribution in [2.45, 2.75) is 26.2 Å². The summed E-state index contributed by atoms with van der Waals surface area (Å²) in [6, 6.07) is 0. The smallest absolute Gasteiger partial charge is 0.0841 e. The Labute approximate surface area is 55.6 Å². The van der Waals surface area contributed by atoms with Crippen LogP contribution in [0.3, 0.4) is 0 Å². The molecular weight excluding hydrogens is 114 g/mol. The molecule has 0 bridgehead atoms. The lowest BCUT2D eigenvalue weighted by Crippen LogP contribution is -2.06. The normalized spacial score (nSPS) is 34.8. The predicted molar refractivity (Wildman–Crippen MR) is 37.2 cm³/mol. The van der Waals surface area contributed by atoms with E-state index in [2.05, 4.69) is 12.1 Å². The van der Waals surface area contributed by atoms with Crippen LogP contribution in [-0.4, -0.2) is 6.54 Å². The molecule has 0 aromatic rings. The zero-order chi connectivity index (χ0) is 6.69. The molecule has 0 aliphatic heterocycles. The van der Waals surface area contributed by atoms with Gasteiger partial charge in [-0.1, -0.05) is 24.9 Å². The van der Waals surface area contributed by atoms with Gasteiger partial charge in [-0.05, 0) is 18.3 Å². The molecule has 0 aromatic carbocycles. The van der Waals surface area contributed by atoms with E-state index in [1.54, 1.807) is 0 Å². The van der Waals surface area contributed by atoms with E-state index in [0.29, 0.717) is 12.5 Å². The molecule has 52 valence electrons. The van der Waals surface area contributed by atoms with Gasteiger partial charge >= 0.3 is 0 Å². The summed E-state index contributed by atoms with van der Waals surface area (Å²) in [5, 5.41) is 2.92. The molecule has 2 heteroatoms. The molecule has 1 saturated carbocycles. The summed E-state index contributed by atoms with van der Waals surface area (Å²) in [5.74, 6) is 1.34. The molecular formula is C7H13NO. The molecule has 1 fully saturated rings. The van der Waals surface area contributed by atoms with E-state index in [9.17, 15) is 4.91 Å². The summed E-state index contributed by atoms with van der Waals surface area (Å²) in [5.41, 5.74) is 0. The van der Waals surface area contributed by atoms with E-state index in [4.69, 9.17) is 0 Å². The molecule has 1 aliphatic carbocycles. The number of nitroso groups, excluding NO2 is 1. The highest BCUT2D eigenvalue weighted by Gasteiger charge is 2.22. The van der Waals surface area contributed by atoms with Gasteiger partial charge in [0.15, 0.2) is 0 Å². The van der Waals surface area contributed by atoms with Crippen molar-refractivity contribution in [2.24, 2.45) is 17.0 Å². The van der Waals surface area contributed by atoms with Crippen molar-refractivity contribution in [3.05, 3.63) is 4.91 Å². The van der Waals surface area contributed by atoms with Crippen molar-refractivity contribution >= 4 is 0 Å². The minimum Gasteiger partial charge on any atom is -0.151 e. The van der Waals surface area contributed by atoms with E-state index in [-0.39, 0.29) is 0 Å². The molecule has 9 heavy (non-hydrogen) atoms. The van der Waals surface area contributed by atoms with Crippen molar-refractivity contribution in [3.8, 4) is 0 Å². The molecule has 0 amide bonds. The van der Waals surface area contributed by atoms with Gasteiger partial charge in [0.2, 0.25) is 0 Å². The van der Waals surface area contributed by atoms with Crippen molar-refractivity contribution in [2.75, 3.05) is 6.54 Å². The lowest BCUT2D eigenvalue weighted by atomic mass is 9.99. The number of hydrogen-bond donors (Lipinski definition) is 0. The van der Waals surface area contributed by atoms with Crippen molar-refractivity contribution in [3.63, 3.8) is 0 Å². The molecule has 1 rings (SSSR count). The van der Waals surface area contributed by atoms with Gasteiger partial charge in [-0.3, -0.25) is 0 Å². The first-order valence-electron chi connectivity index (χ1n) is 3.63. The Morgan fingerprint density at radius 1 is 1.56 bits per heavy atom. The Morgan fingerprint density at radius 3 is 2.78 bits per heavy atom. The van der Waals surface area contributed by atoms with Crippen LogP contribution >= 0.6 is 0 Å². The van der Waals surface area contributed by atoms with E-state index in [0.717, 1.165) is 5.92 Å². The third-order valence-electron chi connectivity index (χ3n) is 2.35. The molecule has 0 heterocycles. The van der Waals surface area contributed by atoms with Crippen LogP contribution in [0.15, 0.2) is 5.18 Å². The quantitative estimate of drug-likeness (QED) is 0.523. The standard InChI is InChI=1S/C7H13NO/c1-6-3-2-4-7(6)5-8-9/h6-7H,2-5H2,1H3. The van der Waals surface area contributed by atoms with Crippen molar-refractivity contribution in [1.82, 2.24) is 0 Å². The lowest BCUT2D eigenvalue weighted by Gasteiger charge is -2.08. The third kappa shape index (κ3) is 1.50. The molecule has 2 atom stereocenters. The highest BCUT2D eigenvalue weighted by Crippen LogP contribution is 2.30. The topological polar surface area (TPSA) is 29.4 Å². The molecule has 0 aromatic heterocycles. The fourth-order valence-corrected chi connectivity index (χ4v) is 1.59. The second-order valence-corrected chi connectivity index (χ2v) is 2.98. The monoisotopic (exact) mass is 127 g/mol. The van der Waals surface area contributed by atoms with E-state index >= 15 is 0 Å². The first-order chi connectivity index (χ1) is 4.34. The summed E-state index contributed by atoms with van der Waals surface area (Å²) < 4.78 is 0. The lowest BCUT2D eigenvalue weighted by molar-refractivity contribution is 0.429. The van der Waals surface area contributed by atoms with Gasteiger partial charge in [0.1, 0.15) is 0 Å². The molecule has 1 aliphatic rings. The fourth-order valence-electron chi connectivity index (χ4n) is 1.59. The Kier molecular flexibility index (Phi) is 2.20. The first-order valence-corrected chi connectivity index (χ1v) is 3.63. The van der Waals surface area contributed by atoms with Gasteiger partial charge in [-0.15, -0.1) is 0 Å². The summed E-state index contributed by atoms with van der Waals surface area (Å²) in [7, 11) is 0.